The second kappa shape index (κ2) is 7.12. The van der Waals surface area contributed by atoms with Crippen LogP contribution in [0.2, 0.25) is 0 Å². The monoisotopic (exact) mass is 332 g/mol. The molecule has 1 amide bonds. The maximum atomic E-state index is 11.8. The molecule has 2 rings (SSSR count). The summed E-state index contributed by atoms with van der Waals surface area (Å²) in [5.41, 5.74) is 6.79. The summed E-state index contributed by atoms with van der Waals surface area (Å²) in [5.74, 6) is 0.410. The van der Waals surface area contributed by atoms with E-state index in [0.29, 0.717) is 12.3 Å². The number of anilines is 1. The minimum Gasteiger partial charge on any atom is -0.327 e. The molecule has 0 heterocycles. The Morgan fingerprint density at radius 3 is 2.83 bits per heavy atom. The van der Waals surface area contributed by atoms with Crippen LogP contribution in [0.15, 0.2) is 28.7 Å². The van der Waals surface area contributed by atoms with Crippen LogP contribution in [-0.4, -0.2) is 11.9 Å². The quantitative estimate of drug-likeness (QED) is 0.891. The van der Waals surface area contributed by atoms with Crippen molar-refractivity contribution >= 4 is 39.9 Å². The van der Waals surface area contributed by atoms with E-state index in [1.54, 1.807) is 0 Å². The first-order valence-corrected chi connectivity index (χ1v) is 6.75. The molecule has 1 aromatic rings. The van der Waals surface area contributed by atoms with Crippen LogP contribution in [0.25, 0.3) is 0 Å². The third-order valence-electron chi connectivity index (χ3n) is 3.27. The van der Waals surface area contributed by atoms with Crippen molar-refractivity contribution in [2.24, 2.45) is 11.7 Å². The van der Waals surface area contributed by atoms with Crippen molar-refractivity contribution in [3.05, 3.63) is 28.7 Å². The molecule has 1 saturated carbocycles. The lowest BCUT2D eigenvalue weighted by Crippen LogP contribution is -2.28. The van der Waals surface area contributed by atoms with E-state index in [2.05, 4.69) is 21.2 Å². The fourth-order valence-corrected chi connectivity index (χ4v) is 2.73. The molecule has 1 aromatic carbocycles. The number of nitrogens with one attached hydrogen (secondary N) is 1. The number of nitrogens with two attached hydrogens (primary N) is 1. The van der Waals surface area contributed by atoms with Crippen LogP contribution in [0.5, 0.6) is 0 Å². The van der Waals surface area contributed by atoms with Crippen molar-refractivity contribution in [1.82, 2.24) is 0 Å². The van der Waals surface area contributed by atoms with Crippen molar-refractivity contribution in [3.8, 4) is 0 Å². The highest BCUT2D eigenvalue weighted by Gasteiger charge is 2.25. The number of hydrogen-bond donors (Lipinski definition) is 2. The highest BCUT2D eigenvalue weighted by Crippen LogP contribution is 2.27. The maximum Gasteiger partial charge on any atom is 0.224 e. The fourth-order valence-electron chi connectivity index (χ4n) is 2.34. The second-order valence-corrected chi connectivity index (χ2v) is 5.53. The molecule has 1 aliphatic carbocycles. The zero-order valence-electron chi connectivity index (χ0n) is 10.1. The van der Waals surface area contributed by atoms with Crippen molar-refractivity contribution < 1.29 is 4.79 Å². The Morgan fingerprint density at radius 1 is 1.44 bits per heavy atom. The predicted molar refractivity (Wildman–Crippen MR) is 80.0 cm³/mol. The largest absolute Gasteiger partial charge is 0.327 e. The number of carbonyl (C=O) groups is 1. The average Bonchev–Trinajstić information content (AvgIpc) is 2.64. The van der Waals surface area contributed by atoms with E-state index in [1.807, 2.05) is 24.3 Å². The lowest BCUT2D eigenvalue weighted by atomic mass is 10.00. The van der Waals surface area contributed by atoms with Crippen LogP contribution < -0.4 is 11.1 Å². The number of carbonyl (C=O) groups excluding carboxylic acids is 1. The van der Waals surface area contributed by atoms with Crippen molar-refractivity contribution in [2.45, 2.75) is 31.7 Å². The molecule has 0 spiro atoms. The minimum atomic E-state index is 0. The first-order valence-electron chi connectivity index (χ1n) is 5.96. The first kappa shape index (κ1) is 15.5. The molecule has 100 valence electrons. The normalized spacial score (nSPS) is 22.3. The Hall–Kier alpha value is -0.580. The van der Waals surface area contributed by atoms with Crippen LogP contribution in [0.1, 0.15) is 25.7 Å². The van der Waals surface area contributed by atoms with Gasteiger partial charge in [0.1, 0.15) is 0 Å². The molecular formula is C13H18BrClN2O. The topological polar surface area (TPSA) is 55.1 Å². The number of amides is 1. The zero-order valence-corrected chi connectivity index (χ0v) is 12.5. The Morgan fingerprint density at radius 2 is 2.22 bits per heavy atom. The Bertz CT molecular complexity index is 414. The minimum absolute atomic E-state index is 0. The molecule has 0 aliphatic heterocycles. The van der Waals surface area contributed by atoms with Crippen LogP contribution in [0.4, 0.5) is 5.69 Å². The van der Waals surface area contributed by atoms with Gasteiger partial charge in [-0.05, 0) is 37.0 Å². The lowest BCUT2D eigenvalue weighted by Gasteiger charge is -2.14. The molecule has 1 fully saturated rings. The van der Waals surface area contributed by atoms with Crippen molar-refractivity contribution in [1.29, 1.82) is 0 Å². The number of halogens is 2. The molecule has 0 unspecified atom stereocenters. The SMILES string of the molecule is Cl.N[C@@H]1CCC[C@H]1CC(=O)Nc1cccc(Br)c1. The predicted octanol–water partition coefficient (Wildman–Crippen LogP) is 3.33. The summed E-state index contributed by atoms with van der Waals surface area (Å²) in [7, 11) is 0. The van der Waals surface area contributed by atoms with Gasteiger partial charge in [0.2, 0.25) is 5.91 Å². The van der Waals surface area contributed by atoms with Crippen molar-refractivity contribution in [3.63, 3.8) is 0 Å². The summed E-state index contributed by atoms with van der Waals surface area (Å²) >= 11 is 3.38. The average molecular weight is 334 g/mol. The summed E-state index contributed by atoms with van der Waals surface area (Å²) in [6.45, 7) is 0. The number of hydrogen-bond acceptors (Lipinski definition) is 2. The van der Waals surface area contributed by atoms with Crippen LogP contribution >= 0.6 is 28.3 Å². The van der Waals surface area contributed by atoms with Gasteiger partial charge in [0.25, 0.3) is 0 Å². The molecule has 1 aliphatic rings. The Kier molecular flexibility index (Phi) is 6.12. The maximum absolute atomic E-state index is 11.8. The summed E-state index contributed by atoms with van der Waals surface area (Å²) in [6, 6.07) is 7.82. The van der Waals surface area contributed by atoms with Gasteiger partial charge in [-0.25, -0.2) is 0 Å². The van der Waals surface area contributed by atoms with Gasteiger partial charge in [-0.3, -0.25) is 4.79 Å². The molecule has 3 N–H and O–H groups in total. The molecule has 0 saturated heterocycles. The Balaban J connectivity index is 0.00000162. The summed E-state index contributed by atoms with van der Waals surface area (Å²) in [4.78, 5) is 11.8. The van der Waals surface area contributed by atoms with Crippen molar-refractivity contribution in [2.75, 3.05) is 5.32 Å². The van der Waals surface area contributed by atoms with Gasteiger partial charge < -0.3 is 11.1 Å². The molecule has 0 bridgehead atoms. The highest BCUT2D eigenvalue weighted by atomic mass is 79.9. The van der Waals surface area contributed by atoms with Gasteiger partial charge in [0.05, 0.1) is 0 Å². The van der Waals surface area contributed by atoms with Gasteiger partial charge >= 0.3 is 0 Å². The fraction of sp³-hybridized carbons (Fsp3) is 0.462. The summed E-state index contributed by atoms with van der Waals surface area (Å²) in [5, 5.41) is 2.91. The van der Waals surface area contributed by atoms with Gasteiger partial charge in [-0.1, -0.05) is 28.4 Å². The molecule has 5 heteroatoms. The molecule has 0 radical (unpaired) electrons. The second-order valence-electron chi connectivity index (χ2n) is 4.62. The van der Waals surface area contributed by atoms with Gasteiger partial charge in [0, 0.05) is 22.6 Å². The standard InChI is InChI=1S/C13H17BrN2O.ClH/c14-10-4-2-5-11(8-10)16-13(17)7-9-3-1-6-12(9)15;/h2,4-5,8-9,12H,1,3,6-7,15H2,(H,16,17);1H/t9-,12+;/m0./s1. The van der Waals surface area contributed by atoms with Crippen LogP contribution in [0.3, 0.4) is 0 Å². The van der Waals surface area contributed by atoms with Gasteiger partial charge in [-0.2, -0.15) is 0 Å². The third kappa shape index (κ3) is 4.26. The van der Waals surface area contributed by atoms with E-state index in [1.165, 1.54) is 0 Å². The smallest absolute Gasteiger partial charge is 0.224 e. The van der Waals surface area contributed by atoms with Crippen LogP contribution in [0, 0.1) is 5.92 Å². The van der Waals surface area contributed by atoms with Crippen LogP contribution in [-0.2, 0) is 4.79 Å². The zero-order chi connectivity index (χ0) is 12.3. The molecule has 0 aromatic heterocycles. The summed E-state index contributed by atoms with van der Waals surface area (Å²) < 4.78 is 0.966. The van der Waals surface area contributed by atoms with E-state index < -0.39 is 0 Å². The Labute approximate surface area is 122 Å². The molecule has 3 nitrogen and oxygen atoms in total. The molecule has 2 atom stereocenters. The first-order chi connectivity index (χ1) is 8.15. The van der Waals surface area contributed by atoms with E-state index in [4.69, 9.17) is 5.73 Å². The number of benzene rings is 1. The van der Waals surface area contributed by atoms with E-state index in [0.717, 1.165) is 29.4 Å². The molecular weight excluding hydrogens is 316 g/mol. The van der Waals surface area contributed by atoms with Gasteiger partial charge in [-0.15, -0.1) is 12.4 Å². The highest BCUT2D eigenvalue weighted by molar-refractivity contribution is 9.10. The molecule has 18 heavy (non-hydrogen) atoms. The lowest BCUT2D eigenvalue weighted by molar-refractivity contribution is -0.117. The van der Waals surface area contributed by atoms with E-state index in [9.17, 15) is 4.79 Å². The van der Waals surface area contributed by atoms with E-state index >= 15 is 0 Å². The van der Waals surface area contributed by atoms with Gasteiger partial charge in [0.15, 0.2) is 0 Å². The third-order valence-corrected chi connectivity index (χ3v) is 3.77. The van der Waals surface area contributed by atoms with E-state index in [-0.39, 0.29) is 24.4 Å². The number of rotatable bonds is 3. The summed E-state index contributed by atoms with van der Waals surface area (Å²) in [6.07, 6.45) is 3.81.